The van der Waals surface area contributed by atoms with Crippen LogP contribution in [-0.4, -0.2) is 25.0 Å². The fraction of sp³-hybridized carbons (Fsp3) is 0.588. The van der Waals surface area contributed by atoms with E-state index in [4.69, 9.17) is 0 Å². The lowest BCUT2D eigenvalue weighted by Gasteiger charge is -2.29. The van der Waals surface area contributed by atoms with Gasteiger partial charge in [-0.25, -0.2) is 0 Å². The first kappa shape index (κ1) is 15.0. The fourth-order valence-electron chi connectivity index (χ4n) is 2.76. The minimum atomic E-state index is 0.170. The molecule has 1 amide bonds. The second-order valence-corrected chi connectivity index (χ2v) is 5.95. The van der Waals surface area contributed by atoms with Crippen molar-refractivity contribution in [2.75, 3.05) is 13.1 Å². The third-order valence-electron chi connectivity index (χ3n) is 4.19. The maximum absolute atomic E-state index is 12.0. The minimum Gasteiger partial charge on any atom is -0.353 e. The topological polar surface area (TPSA) is 41.1 Å². The second kappa shape index (κ2) is 7.44. The van der Waals surface area contributed by atoms with Crippen LogP contribution in [0.2, 0.25) is 0 Å². The van der Waals surface area contributed by atoms with Gasteiger partial charge in [0.25, 0.3) is 0 Å². The molecule has 110 valence electrons. The van der Waals surface area contributed by atoms with E-state index in [0.29, 0.717) is 12.3 Å². The van der Waals surface area contributed by atoms with Crippen molar-refractivity contribution in [1.29, 1.82) is 0 Å². The number of nitrogens with one attached hydrogen (secondary N) is 2. The van der Waals surface area contributed by atoms with Crippen LogP contribution in [0, 0.1) is 12.8 Å². The SMILES string of the molecule is Cc1ccc(CCC(=O)NC(C)C2CCCNC2)cc1. The van der Waals surface area contributed by atoms with E-state index in [-0.39, 0.29) is 11.9 Å². The largest absolute Gasteiger partial charge is 0.353 e. The first-order chi connectivity index (χ1) is 9.65. The molecular formula is C17H26N2O. The summed E-state index contributed by atoms with van der Waals surface area (Å²) in [7, 11) is 0. The molecule has 2 atom stereocenters. The third-order valence-corrected chi connectivity index (χ3v) is 4.19. The minimum absolute atomic E-state index is 0.170. The van der Waals surface area contributed by atoms with E-state index >= 15 is 0 Å². The van der Waals surface area contributed by atoms with Crippen molar-refractivity contribution in [3.05, 3.63) is 35.4 Å². The van der Waals surface area contributed by atoms with E-state index in [1.54, 1.807) is 0 Å². The normalized spacial score (nSPS) is 20.4. The molecule has 20 heavy (non-hydrogen) atoms. The Balaban J connectivity index is 1.73. The molecule has 0 spiro atoms. The molecule has 1 fully saturated rings. The van der Waals surface area contributed by atoms with Crippen molar-refractivity contribution in [1.82, 2.24) is 10.6 Å². The number of rotatable bonds is 5. The lowest BCUT2D eigenvalue weighted by atomic mass is 9.92. The predicted molar refractivity (Wildman–Crippen MR) is 82.7 cm³/mol. The van der Waals surface area contributed by atoms with Gasteiger partial charge in [0.1, 0.15) is 0 Å². The molecule has 3 heteroatoms. The number of amides is 1. The van der Waals surface area contributed by atoms with Gasteiger partial charge in [-0.2, -0.15) is 0 Å². The summed E-state index contributed by atoms with van der Waals surface area (Å²) in [5.74, 6) is 0.746. The summed E-state index contributed by atoms with van der Waals surface area (Å²) in [4.78, 5) is 12.0. The van der Waals surface area contributed by atoms with E-state index in [9.17, 15) is 4.79 Å². The molecule has 1 aromatic rings. The Morgan fingerprint density at radius 1 is 1.40 bits per heavy atom. The zero-order chi connectivity index (χ0) is 14.4. The van der Waals surface area contributed by atoms with E-state index < -0.39 is 0 Å². The lowest BCUT2D eigenvalue weighted by Crippen LogP contribution is -2.44. The van der Waals surface area contributed by atoms with Gasteiger partial charge in [0.05, 0.1) is 0 Å². The van der Waals surface area contributed by atoms with Gasteiger partial charge in [0.15, 0.2) is 0 Å². The summed E-state index contributed by atoms with van der Waals surface area (Å²) < 4.78 is 0. The average molecular weight is 274 g/mol. The zero-order valence-electron chi connectivity index (χ0n) is 12.6. The van der Waals surface area contributed by atoms with Crippen LogP contribution < -0.4 is 10.6 Å². The van der Waals surface area contributed by atoms with Crippen LogP contribution in [0.1, 0.15) is 37.3 Å². The van der Waals surface area contributed by atoms with Crippen molar-refractivity contribution < 1.29 is 4.79 Å². The summed E-state index contributed by atoms with van der Waals surface area (Å²) in [5.41, 5.74) is 2.49. The molecule has 0 bridgehead atoms. The zero-order valence-corrected chi connectivity index (χ0v) is 12.6. The first-order valence-electron chi connectivity index (χ1n) is 7.71. The number of hydrogen-bond donors (Lipinski definition) is 2. The molecule has 0 radical (unpaired) electrons. The van der Waals surface area contributed by atoms with Crippen LogP contribution in [0.25, 0.3) is 0 Å². The van der Waals surface area contributed by atoms with Crippen molar-refractivity contribution in [3.63, 3.8) is 0 Å². The Hall–Kier alpha value is -1.35. The highest BCUT2D eigenvalue weighted by Gasteiger charge is 2.20. The number of hydrogen-bond acceptors (Lipinski definition) is 2. The highest BCUT2D eigenvalue weighted by molar-refractivity contribution is 5.76. The number of carbonyl (C=O) groups is 1. The average Bonchev–Trinajstić information content (AvgIpc) is 2.47. The monoisotopic (exact) mass is 274 g/mol. The van der Waals surface area contributed by atoms with Gasteiger partial charge in [-0.05, 0) is 57.7 Å². The molecule has 0 aromatic heterocycles. The van der Waals surface area contributed by atoms with Crippen LogP contribution in [0.15, 0.2) is 24.3 Å². The number of benzene rings is 1. The molecule has 1 aliphatic rings. The fourth-order valence-corrected chi connectivity index (χ4v) is 2.76. The molecule has 0 saturated carbocycles. The van der Waals surface area contributed by atoms with Crippen molar-refractivity contribution in [2.24, 2.45) is 5.92 Å². The maximum atomic E-state index is 12.0. The quantitative estimate of drug-likeness (QED) is 0.866. The summed E-state index contributed by atoms with van der Waals surface area (Å²) in [6.45, 7) is 6.35. The number of aryl methyl sites for hydroxylation is 2. The van der Waals surface area contributed by atoms with Gasteiger partial charge < -0.3 is 10.6 Å². The molecule has 1 aliphatic heterocycles. The molecule has 2 rings (SSSR count). The molecule has 3 nitrogen and oxygen atoms in total. The second-order valence-electron chi connectivity index (χ2n) is 5.95. The lowest BCUT2D eigenvalue weighted by molar-refractivity contribution is -0.122. The molecule has 2 N–H and O–H groups in total. The molecule has 2 unspecified atom stereocenters. The number of piperidine rings is 1. The van der Waals surface area contributed by atoms with Crippen molar-refractivity contribution in [3.8, 4) is 0 Å². The summed E-state index contributed by atoms with van der Waals surface area (Å²) >= 11 is 0. The van der Waals surface area contributed by atoms with Gasteiger partial charge in [-0.1, -0.05) is 29.8 Å². The van der Waals surface area contributed by atoms with E-state index in [1.807, 2.05) is 0 Å². The number of carbonyl (C=O) groups excluding carboxylic acids is 1. The molecule has 1 aromatic carbocycles. The van der Waals surface area contributed by atoms with E-state index in [0.717, 1.165) is 19.5 Å². The Morgan fingerprint density at radius 2 is 2.15 bits per heavy atom. The maximum Gasteiger partial charge on any atom is 0.220 e. The molecule has 0 aliphatic carbocycles. The predicted octanol–water partition coefficient (Wildman–Crippen LogP) is 2.43. The summed E-state index contributed by atoms with van der Waals surface area (Å²) in [6, 6.07) is 8.69. The Labute approximate surface area is 122 Å². The van der Waals surface area contributed by atoms with Crippen LogP contribution >= 0.6 is 0 Å². The van der Waals surface area contributed by atoms with Gasteiger partial charge in [0.2, 0.25) is 5.91 Å². The highest BCUT2D eigenvalue weighted by atomic mass is 16.1. The summed E-state index contributed by atoms with van der Waals surface area (Å²) in [5, 5.41) is 6.55. The van der Waals surface area contributed by atoms with E-state index in [1.165, 1.54) is 24.0 Å². The third kappa shape index (κ3) is 4.64. The van der Waals surface area contributed by atoms with E-state index in [2.05, 4.69) is 48.7 Å². The Kier molecular flexibility index (Phi) is 5.60. The standard InChI is InChI=1S/C17H26N2O/c1-13-5-7-15(8-6-13)9-10-17(20)19-14(2)16-4-3-11-18-12-16/h5-8,14,16,18H,3-4,9-12H2,1-2H3,(H,19,20). The molecule has 1 heterocycles. The Bertz CT molecular complexity index is 421. The van der Waals surface area contributed by atoms with Crippen LogP contribution in [0.3, 0.4) is 0 Å². The van der Waals surface area contributed by atoms with Crippen molar-refractivity contribution >= 4 is 5.91 Å². The van der Waals surface area contributed by atoms with Crippen LogP contribution in [0.5, 0.6) is 0 Å². The van der Waals surface area contributed by atoms with Gasteiger partial charge in [0, 0.05) is 12.5 Å². The van der Waals surface area contributed by atoms with Crippen LogP contribution in [0.4, 0.5) is 0 Å². The molecule has 1 saturated heterocycles. The molecular weight excluding hydrogens is 248 g/mol. The van der Waals surface area contributed by atoms with Crippen molar-refractivity contribution in [2.45, 2.75) is 45.6 Å². The first-order valence-corrected chi connectivity index (χ1v) is 7.71. The smallest absolute Gasteiger partial charge is 0.220 e. The van der Waals surface area contributed by atoms with Gasteiger partial charge >= 0.3 is 0 Å². The summed E-state index contributed by atoms with van der Waals surface area (Å²) in [6.07, 6.45) is 3.83. The van der Waals surface area contributed by atoms with Gasteiger partial charge in [-0.3, -0.25) is 4.79 Å². The van der Waals surface area contributed by atoms with Gasteiger partial charge in [-0.15, -0.1) is 0 Å². The Morgan fingerprint density at radius 3 is 2.80 bits per heavy atom. The van der Waals surface area contributed by atoms with Crippen LogP contribution in [-0.2, 0) is 11.2 Å². The highest BCUT2D eigenvalue weighted by Crippen LogP contribution is 2.14.